The molecule has 6 heteroatoms. The molecule has 0 radical (unpaired) electrons. The second-order valence-corrected chi connectivity index (χ2v) is 4.37. The van der Waals surface area contributed by atoms with E-state index in [4.69, 9.17) is 19.9 Å². The first-order chi connectivity index (χ1) is 10.1. The highest BCUT2D eigenvalue weighted by molar-refractivity contribution is 5.74. The zero-order valence-corrected chi connectivity index (χ0v) is 12.6. The number of hydrogen-bond acceptors (Lipinski definition) is 6. The molecule has 0 bridgehead atoms. The minimum atomic E-state index is 0.414. The Bertz CT molecular complexity index is 619. The van der Waals surface area contributed by atoms with Crippen LogP contribution in [0.3, 0.4) is 0 Å². The van der Waals surface area contributed by atoms with Gasteiger partial charge in [0.15, 0.2) is 5.82 Å². The van der Waals surface area contributed by atoms with Crippen molar-refractivity contribution < 1.29 is 14.2 Å². The summed E-state index contributed by atoms with van der Waals surface area (Å²) in [5, 5.41) is 0. The molecule has 112 valence electrons. The lowest BCUT2D eigenvalue weighted by Gasteiger charge is -2.14. The van der Waals surface area contributed by atoms with Gasteiger partial charge in [-0.15, -0.1) is 0 Å². The summed E-state index contributed by atoms with van der Waals surface area (Å²) >= 11 is 0. The zero-order chi connectivity index (χ0) is 15.4. The van der Waals surface area contributed by atoms with Crippen molar-refractivity contribution in [3.05, 3.63) is 23.9 Å². The van der Waals surface area contributed by atoms with Gasteiger partial charge in [-0.25, -0.2) is 9.97 Å². The Morgan fingerprint density at radius 3 is 2.05 bits per heavy atom. The van der Waals surface area contributed by atoms with Gasteiger partial charge in [0, 0.05) is 23.9 Å². The third-order valence-corrected chi connectivity index (χ3v) is 3.10. The first-order valence-electron chi connectivity index (χ1n) is 6.56. The molecular formula is C15H19N3O3. The van der Waals surface area contributed by atoms with Crippen LogP contribution in [-0.2, 0) is 6.42 Å². The number of nitrogen functional groups attached to an aromatic ring is 1. The zero-order valence-electron chi connectivity index (χ0n) is 12.6. The van der Waals surface area contributed by atoms with Crippen molar-refractivity contribution in [1.82, 2.24) is 9.97 Å². The number of aryl methyl sites for hydroxylation is 1. The predicted octanol–water partition coefficient (Wildman–Crippen LogP) is 2.31. The number of hydrogen-bond donors (Lipinski definition) is 1. The van der Waals surface area contributed by atoms with Crippen LogP contribution in [0.25, 0.3) is 11.4 Å². The van der Waals surface area contributed by atoms with E-state index in [-0.39, 0.29) is 0 Å². The fraction of sp³-hybridized carbons (Fsp3) is 0.333. The normalized spacial score (nSPS) is 10.3. The van der Waals surface area contributed by atoms with Gasteiger partial charge in [0.2, 0.25) is 0 Å². The van der Waals surface area contributed by atoms with Gasteiger partial charge in [-0.05, 0) is 6.42 Å². The Labute approximate surface area is 123 Å². The van der Waals surface area contributed by atoms with Crippen LogP contribution < -0.4 is 19.9 Å². The molecule has 2 N–H and O–H groups in total. The number of benzene rings is 1. The smallest absolute Gasteiger partial charge is 0.169 e. The lowest BCUT2D eigenvalue weighted by molar-refractivity contribution is 0.377. The first kappa shape index (κ1) is 14.9. The van der Waals surface area contributed by atoms with Crippen LogP contribution >= 0.6 is 0 Å². The lowest BCUT2D eigenvalue weighted by atomic mass is 10.1. The summed E-state index contributed by atoms with van der Waals surface area (Å²) in [6.45, 7) is 2.01. The second kappa shape index (κ2) is 6.30. The van der Waals surface area contributed by atoms with E-state index >= 15 is 0 Å². The molecule has 0 saturated heterocycles. The van der Waals surface area contributed by atoms with E-state index in [1.54, 1.807) is 39.5 Å². The lowest BCUT2D eigenvalue weighted by Crippen LogP contribution is -2.02. The molecule has 0 unspecified atom stereocenters. The Hall–Kier alpha value is -2.50. The molecule has 0 atom stereocenters. The van der Waals surface area contributed by atoms with Crippen molar-refractivity contribution in [3.63, 3.8) is 0 Å². The molecule has 0 amide bonds. The van der Waals surface area contributed by atoms with E-state index in [9.17, 15) is 0 Å². The number of aromatic nitrogens is 2. The van der Waals surface area contributed by atoms with E-state index < -0.39 is 0 Å². The van der Waals surface area contributed by atoms with Crippen molar-refractivity contribution in [2.24, 2.45) is 0 Å². The summed E-state index contributed by atoms with van der Waals surface area (Å²) < 4.78 is 16.1. The van der Waals surface area contributed by atoms with E-state index in [1.165, 1.54) is 0 Å². The fourth-order valence-electron chi connectivity index (χ4n) is 2.04. The monoisotopic (exact) mass is 289 g/mol. The van der Waals surface area contributed by atoms with Crippen LogP contribution in [0.5, 0.6) is 17.2 Å². The highest BCUT2D eigenvalue weighted by atomic mass is 16.5. The summed E-state index contributed by atoms with van der Waals surface area (Å²) in [5.41, 5.74) is 7.37. The van der Waals surface area contributed by atoms with Gasteiger partial charge in [0.05, 0.1) is 21.3 Å². The highest BCUT2D eigenvalue weighted by Crippen LogP contribution is 2.40. The molecule has 1 aromatic heterocycles. The maximum atomic E-state index is 5.85. The molecular weight excluding hydrogens is 270 g/mol. The quantitative estimate of drug-likeness (QED) is 0.910. The van der Waals surface area contributed by atoms with Crippen LogP contribution in [-0.4, -0.2) is 31.3 Å². The molecule has 0 saturated carbocycles. The summed E-state index contributed by atoms with van der Waals surface area (Å²) in [4.78, 5) is 8.79. The van der Waals surface area contributed by atoms with Crippen LogP contribution in [0.2, 0.25) is 0 Å². The van der Waals surface area contributed by atoms with E-state index in [2.05, 4.69) is 9.97 Å². The van der Waals surface area contributed by atoms with Crippen LogP contribution in [0.4, 0.5) is 5.82 Å². The molecule has 1 heterocycles. The van der Waals surface area contributed by atoms with Crippen molar-refractivity contribution in [2.75, 3.05) is 27.1 Å². The standard InChI is InChI=1S/C15H19N3O3/c1-5-9-6-13(16)18-15(17-9)14-11(20-3)7-10(19-2)8-12(14)21-4/h6-8H,5H2,1-4H3,(H2,16,17,18). The van der Waals surface area contributed by atoms with Crippen molar-refractivity contribution >= 4 is 5.82 Å². The first-order valence-corrected chi connectivity index (χ1v) is 6.56. The highest BCUT2D eigenvalue weighted by Gasteiger charge is 2.18. The van der Waals surface area contributed by atoms with Gasteiger partial charge in [0.1, 0.15) is 28.6 Å². The molecule has 6 nitrogen and oxygen atoms in total. The Morgan fingerprint density at radius 1 is 0.952 bits per heavy atom. The fourth-order valence-corrected chi connectivity index (χ4v) is 2.04. The molecule has 0 aliphatic heterocycles. The number of rotatable bonds is 5. The van der Waals surface area contributed by atoms with Crippen LogP contribution in [0, 0.1) is 0 Å². The minimum Gasteiger partial charge on any atom is -0.496 e. The van der Waals surface area contributed by atoms with Gasteiger partial charge in [0.25, 0.3) is 0 Å². The molecule has 2 rings (SSSR count). The molecule has 0 spiro atoms. The maximum absolute atomic E-state index is 5.85. The average Bonchev–Trinajstić information content (AvgIpc) is 2.52. The largest absolute Gasteiger partial charge is 0.496 e. The molecule has 21 heavy (non-hydrogen) atoms. The summed E-state index contributed by atoms with van der Waals surface area (Å²) in [7, 11) is 4.73. The number of nitrogens with two attached hydrogens (primary N) is 1. The number of nitrogens with zero attached hydrogens (tertiary/aromatic N) is 2. The Kier molecular flexibility index (Phi) is 4.47. The van der Waals surface area contributed by atoms with E-state index in [0.29, 0.717) is 34.5 Å². The summed E-state index contributed by atoms with van der Waals surface area (Å²) in [5.74, 6) is 2.66. The topological polar surface area (TPSA) is 79.5 Å². The molecule has 0 aliphatic carbocycles. The predicted molar refractivity (Wildman–Crippen MR) is 80.9 cm³/mol. The van der Waals surface area contributed by atoms with Crippen molar-refractivity contribution in [3.8, 4) is 28.6 Å². The summed E-state index contributed by atoms with van der Waals surface area (Å²) in [6, 6.07) is 5.28. The van der Waals surface area contributed by atoms with E-state index in [1.807, 2.05) is 6.92 Å². The maximum Gasteiger partial charge on any atom is 0.169 e. The number of methoxy groups -OCH3 is 3. The van der Waals surface area contributed by atoms with Gasteiger partial charge in [-0.2, -0.15) is 0 Å². The molecule has 0 fully saturated rings. The second-order valence-electron chi connectivity index (χ2n) is 4.37. The van der Waals surface area contributed by atoms with Gasteiger partial charge in [-0.1, -0.05) is 6.92 Å². The minimum absolute atomic E-state index is 0.414. The number of anilines is 1. The SMILES string of the molecule is CCc1cc(N)nc(-c2c(OC)cc(OC)cc2OC)n1. The summed E-state index contributed by atoms with van der Waals surface area (Å²) in [6.07, 6.45) is 0.764. The average molecular weight is 289 g/mol. The Morgan fingerprint density at radius 2 is 1.57 bits per heavy atom. The van der Waals surface area contributed by atoms with Gasteiger partial charge >= 0.3 is 0 Å². The van der Waals surface area contributed by atoms with Crippen LogP contribution in [0.1, 0.15) is 12.6 Å². The molecule has 2 aromatic rings. The van der Waals surface area contributed by atoms with Gasteiger partial charge in [-0.3, -0.25) is 0 Å². The molecule has 1 aromatic carbocycles. The molecule has 0 aliphatic rings. The van der Waals surface area contributed by atoms with Crippen molar-refractivity contribution in [2.45, 2.75) is 13.3 Å². The third-order valence-electron chi connectivity index (χ3n) is 3.10. The van der Waals surface area contributed by atoms with Gasteiger partial charge < -0.3 is 19.9 Å². The van der Waals surface area contributed by atoms with Crippen molar-refractivity contribution in [1.29, 1.82) is 0 Å². The van der Waals surface area contributed by atoms with Crippen LogP contribution in [0.15, 0.2) is 18.2 Å². The third kappa shape index (κ3) is 2.99. The van der Waals surface area contributed by atoms with E-state index in [0.717, 1.165) is 12.1 Å². The Balaban J connectivity index is 2.69. The number of ether oxygens (including phenoxy) is 3.